The van der Waals surface area contributed by atoms with Crippen LogP contribution in [-0.4, -0.2) is 24.2 Å². The van der Waals surface area contributed by atoms with Gasteiger partial charge >= 0.3 is 0 Å². The molecule has 1 rings (SSSR count). The zero-order valence-electron chi connectivity index (χ0n) is 9.82. The third kappa shape index (κ3) is 3.61. The monoisotopic (exact) mass is 241 g/mol. The molecule has 0 aromatic carbocycles. The fourth-order valence-corrected chi connectivity index (χ4v) is 2.39. The third-order valence-corrected chi connectivity index (χ3v) is 3.63. The predicted molar refractivity (Wildman–Crippen MR) is 66.9 cm³/mol. The predicted octanol–water partition coefficient (Wildman–Crippen LogP) is 2.19. The van der Waals surface area contributed by atoms with Gasteiger partial charge in [0, 0.05) is 18.5 Å². The molecule has 0 saturated carbocycles. The first-order chi connectivity index (χ1) is 7.69. The lowest BCUT2D eigenvalue weighted by atomic mass is 10.0. The molecule has 1 heterocycles. The Bertz CT molecular complexity index is 336. The van der Waals surface area contributed by atoms with Crippen molar-refractivity contribution in [2.45, 2.75) is 26.7 Å². The molecule has 90 valence electrons. The van der Waals surface area contributed by atoms with Gasteiger partial charge in [-0.2, -0.15) is 11.3 Å². The molecule has 1 amide bonds. The van der Waals surface area contributed by atoms with Crippen LogP contribution < -0.4 is 5.32 Å². The van der Waals surface area contributed by atoms with Crippen LogP contribution in [0, 0.1) is 12.8 Å². The zero-order chi connectivity index (χ0) is 12.0. The third-order valence-electron chi connectivity index (χ3n) is 2.77. The average molecular weight is 241 g/mol. The summed E-state index contributed by atoms with van der Waals surface area (Å²) < 4.78 is 0. The summed E-state index contributed by atoms with van der Waals surface area (Å²) in [5.41, 5.74) is 1.79. The number of aliphatic hydroxyl groups excluding tert-OH is 1. The van der Waals surface area contributed by atoms with Crippen molar-refractivity contribution >= 4 is 17.2 Å². The molecule has 0 radical (unpaired) electrons. The van der Waals surface area contributed by atoms with Gasteiger partial charge in [0.15, 0.2) is 0 Å². The van der Waals surface area contributed by atoms with Gasteiger partial charge in [0.1, 0.15) is 0 Å². The summed E-state index contributed by atoms with van der Waals surface area (Å²) >= 11 is 1.54. The highest BCUT2D eigenvalue weighted by atomic mass is 32.1. The van der Waals surface area contributed by atoms with E-state index < -0.39 is 0 Å². The number of hydrogen-bond acceptors (Lipinski definition) is 3. The first-order valence-corrected chi connectivity index (χ1v) is 6.55. The van der Waals surface area contributed by atoms with Crippen LogP contribution in [0.15, 0.2) is 10.8 Å². The standard InChI is InChI=1S/C12H19NO2S/c1-3-10(4-5-14)6-13-12(15)11-8-16-7-9(11)2/h7-8,10,14H,3-6H2,1-2H3,(H,13,15). The first kappa shape index (κ1) is 13.2. The van der Waals surface area contributed by atoms with Gasteiger partial charge in [-0.25, -0.2) is 0 Å². The molecule has 1 atom stereocenters. The smallest absolute Gasteiger partial charge is 0.252 e. The minimum atomic E-state index is -0.00450. The minimum absolute atomic E-state index is 0.00450. The molecule has 1 unspecified atom stereocenters. The molecule has 16 heavy (non-hydrogen) atoms. The number of nitrogens with one attached hydrogen (secondary N) is 1. The van der Waals surface area contributed by atoms with Crippen molar-refractivity contribution in [3.8, 4) is 0 Å². The molecule has 0 aliphatic rings. The van der Waals surface area contributed by atoms with Crippen LogP contribution in [0.5, 0.6) is 0 Å². The summed E-state index contributed by atoms with van der Waals surface area (Å²) in [5, 5.41) is 15.6. The van der Waals surface area contributed by atoms with Crippen LogP contribution in [0.25, 0.3) is 0 Å². The Hall–Kier alpha value is -0.870. The summed E-state index contributed by atoms with van der Waals surface area (Å²) in [6.45, 7) is 4.84. The molecule has 2 N–H and O–H groups in total. The second kappa shape index (κ2) is 6.66. The molecule has 0 aliphatic carbocycles. The van der Waals surface area contributed by atoms with Crippen LogP contribution in [0.2, 0.25) is 0 Å². The number of thiophene rings is 1. The maximum Gasteiger partial charge on any atom is 0.252 e. The van der Waals surface area contributed by atoms with Gasteiger partial charge in [-0.3, -0.25) is 4.79 Å². The lowest BCUT2D eigenvalue weighted by molar-refractivity contribution is 0.0943. The maximum absolute atomic E-state index is 11.8. The SMILES string of the molecule is CCC(CCO)CNC(=O)c1cscc1C. The van der Waals surface area contributed by atoms with Crippen molar-refractivity contribution in [2.24, 2.45) is 5.92 Å². The quantitative estimate of drug-likeness (QED) is 0.802. The first-order valence-electron chi connectivity index (χ1n) is 5.60. The molecule has 0 aliphatic heterocycles. The van der Waals surface area contributed by atoms with Crippen molar-refractivity contribution in [1.82, 2.24) is 5.32 Å². The summed E-state index contributed by atoms with van der Waals surface area (Å²) in [6.07, 6.45) is 1.73. The number of amides is 1. The summed E-state index contributed by atoms with van der Waals surface area (Å²) in [4.78, 5) is 11.8. The molecule has 3 nitrogen and oxygen atoms in total. The topological polar surface area (TPSA) is 49.3 Å². The van der Waals surface area contributed by atoms with Gasteiger partial charge in [-0.15, -0.1) is 0 Å². The minimum Gasteiger partial charge on any atom is -0.396 e. The van der Waals surface area contributed by atoms with Crippen molar-refractivity contribution in [3.05, 3.63) is 21.9 Å². The summed E-state index contributed by atoms with van der Waals surface area (Å²) in [5.74, 6) is 0.364. The maximum atomic E-state index is 11.8. The van der Waals surface area contributed by atoms with Crippen molar-refractivity contribution in [3.63, 3.8) is 0 Å². The van der Waals surface area contributed by atoms with Gasteiger partial charge in [0.05, 0.1) is 5.56 Å². The zero-order valence-corrected chi connectivity index (χ0v) is 10.6. The highest BCUT2D eigenvalue weighted by Crippen LogP contribution is 2.13. The number of carbonyl (C=O) groups excluding carboxylic acids is 1. The van der Waals surface area contributed by atoms with E-state index in [1.807, 2.05) is 17.7 Å². The van der Waals surface area contributed by atoms with Gasteiger partial charge in [-0.05, 0) is 30.2 Å². The number of rotatable bonds is 6. The van der Waals surface area contributed by atoms with Crippen molar-refractivity contribution in [1.29, 1.82) is 0 Å². The highest BCUT2D eigenvalue weighted by Gasteiger charge is 2.11. The summed E-state index contributed by atoms with van der Waals surface area (Å²) in [6, 6.07) is 0. The Kier molecular flexibility index (Phi) is 5.49. The lowest BCUT2D eigenvalue weighted by Crippen LogP contribution is -2.29. The highest BCUT2D eigenvalue weighted by molar-refractivity contribution is 7.08. The normalized spacial score (nSPS) is 12.4. The Morgan fingerprint density at radius 2 is 2.31 bits per heavy atom. The Morgan fingerprint density at radius 1 is 1.56 bits per heavy atom. The van der Waals surface area contributed by atoms with Crippen LogP contribution >= 0.6 is 11.3 Å². The molecule has 4 heteroatoms. The Balaban J connectivity index is 2.43. The lowest BCUT2D eigenvalue weighted by Gasteiger charge is -2.14. The number of carbonyl (C=O) groups is 1. The Labute approximate surface area is 100 Å². The van der Waals surface area contributed by atoms with Crippen molar-refractivity contribution < 1.29 is 9.90 Å². The van der Waals surface area contributed by atoms with E-state index in [-0.39, 0.29) is 12.5 Å². The molecule has 0 spiro atoms. The molecule has 1 aromatic rings. The number of aliphatic hydroxyl groups is 1. The fourth-order valence-electron chi connectivity index (χ4n) is 1.56. The van der Waals surface area contributed by atoms with Crippen LogP contribution in [-0.2, 0) is 0 Å². The fraction of sp³-hybridized carbons (Fsp3) is 0.583. The Morgan fingerprint density at radius 3 is 2.81 bits per heavy atom. The second-order valence-electron chi connectivity index (χ2n) is 3.97. The van der Waals surface area contributed by atoms with Crippen LogP contribution in [0.3, 0.4) is 0 Å². The van der Waals surface area contributed by atoms with E-state index in [1.54, 1.807) is 11.3 Å². The van der Waals surface area contributed by atoms with E-state index in [4.69, 9.17) is 5.11 Å². The van der Waals surface area contributed by atoms with E-state index in [0.717, 1.165) is 24.0 Å². The van der Waals surface area contributed by atoms with Gasteiger partial charge in [0.25, 0.3) is 5.91 Å². The van der Waals surface area contributed by atoms with E-state index in [9.17, 15) is 4.79 Å². The van der Waals surface area contributed by atoms with Crippen molar-refractivity contribution in [2.75, 3.05) is 13.2 Å². The molecule has 0 saturated heterocycles. The average Bonchev–Trinajstić information content (AvgIpc) is 2.70. The molecular weight excluding hydrogens is 222 g/mol. The van der Waals surface area contributed by atoms with E-state index in [1.165, 1.54) is 0 Å². The van der Waals surface area contributed by atoms with Crippen LogP contribution in [0.4, 0.5) is 0 Å². The molecular formula is C12H19NO2S. The molecule has 0 fully saturated rings. The van der Waals surface area contributed by atoms with Gasteiger partial charge in [0.2, 0.25) is 0 Å². The summed E-state index contributed by atoms with van der Waals surface area (Å²) in [7, 11) is 0. The molecule has 0 bridgehead atoms. The van der Waals surface area contributed by atoms with Gasteiger partial charge < -0.3 is 10.4 Å². The van der Waals surface area contributed by atoms with E-state index in [0.29, 0.717) is 12.5 Å². The second-order valence-corrected chi connectivity index (χ2v) is 4.71. The van der Waals surface area contributed by atoms with E-state index >= 15 is 0 Å². The molecule has 1 aromatic heterocycles. The van der Waals surface area contributed by atoms with E-state index in [2.05, 4.69) is 12.2 Å². The van der Waals surface area contributed by atoms with Gasteiger partial charge in [-0.1, -0.05) is 13.3 Å². The largest absolute Gasteiger partial charge is 0.396 e. The van der Waals surface area contributed by atoms with Crippen LogP contribution in [0.1, 0.15) is 35.7 Å². The number of hydrogen-bond donors (Lipinski definition) is 2. The number of aryl methyl sites for hydroxylation is 1.